The standard InChI is InChI=1S/C16H26N2O3S/c1-2-3-14-21-15-6-8-16(9-7-15)22(19,20)17-10-13-18-11-4-5-12-18/h6-9,17H,2-5,10-14H2,1H3. The highest BCUT2D eigenvalue weighted by Gasteiger charge is 2.15. The van der Waals surface area contributed by atoms with Gasteiger partial charge in [0.25, 0.3) is 0 Å². The Bertz CT molecular complexity index is 537. The molecule has 1 saturated heterocycles. The van der Waals surface area contributed by atoms with Gasteiger partial charge in [-0.2, -0.15) is 0 Å². The summed E-state index contributed by atoms with van der Waals surface area (Å²) in [7, 11) is -3.43. The molecule has 0 bridgehead atoms. The van der Waals surface area contributed by atoms with E-state index >= 15 is 0 Å². The third-order valence-electron chi connectivity index (χ3n) is 3.82. The van der Waals surface area contributed by atoms with Crippen LogP contribution in [0.25, 0.3) is 0 Å². The number of nitrogens with one attached hydrogen (secondary N) is 1. The minimum atomic E-state index is -3.43. The first-order chi connectivity index (χ1) is 10.6. The maximum absolute atomic E-state index is 12.2. The number of hydrogen-bond acceptors (Lipinski definition) is 4. The summed E-state index contributed by atoms with van der Waals surface area (Å²) < 4.78 is 32.6. The topological polar surface area (TPSA) is 58.6 Å². The Balaban J connectivity index is 1.82. The number of likely N-dealkylation sites (tertiary alicyclic amines) is 1. The Morgan fingerprint density at radius 2 is 1.86 bits per heavy atom. The van der Waals surface area contributed by atoms with E-state index in [1.807, 2.05) is 0 Å². The molecule has 1 aliphatic rings. The highest BCUT2D eigenvalue weighted by Crippen LogP contribution is 2.16. The van der Waals surface area contributed by atoms with Crippen molar-refractivity contribution in [3.05, 3.63) is 24.3 Å². The Morgan fingerprint density at radius 1 is 1.18 bits per heavy atom. The Hall–Kier alpha value is -1.11. The van der Waals surface area contributed by atoms with Crippen LogP contribution in [-0.2, 0) is 10.0 Å². The van der Waals surface area contributed by atoms with Crippen molar-refractivity contribution in [1.29, 1.82) is 0 Å². The Morgan fingerprint density at radius 3 is 2.50 bits per heavy atom. The molecular formula is C16H26N2O3S. The molecule has 1 fully saturated rings. The van der Waals surface area contributed by atoms with Gasteiger partial charge in [-0.25, -0.2) is 13.1 Å². The van der Waals surface area contributed by atoms with E-state index in [-0.39, 0.29) is 4.90 Å². The van der Waals surface area contributed by atoms with E-state index in [1.54, 1.807) is 24.3 Å². The zero-order valence-electron chi connectivity index (χ0n) is 13.3. The van der Waals surface area contributed by atoms with E-state index in [0.717, 1.165) is 32.5 Å². The molecule has 6 heteroatoms. The highest BCUT2D eigenvalue weighted by atomic mass is 32.2. The fourth-order valence-electron chi connectivity index (χ4n) is 2.48. The zero-order chi connectivity index (χ0) is 15.8. The first-order valence-corrected chi connectivity index (χ1v) is 9.55. The average molecular weight is 326 g/mol. The SMILES string of the molecule is CCCCOc1ccc(S(=O)(=O)NCCN2CCCC2)cc1. The lowest BCUT2D eigenvalue weighted by Crippen LogP contribution is -2.33. The summed E-state index contributed by atoms with van der Waals surface area (Å²) in [5.74, 6) is 0.712. The van der Waals surface area contributed by atoms with Gasteiger partial charge in [0.05, 0.1) is 11.5 Å². The maximum Gasteiger partial charge on any atom is 0.240 e. The summed E-state index contributed by atoms with van der Waals surface area (Å²) in [4.78, 5) is 2.57. The Labute approximate surface area is 133 Å². The van der Waals surface area contributed by atoms with E-state index < -0.39 is 10.0 Å². The quantitative estimate of drug-likeness (QED) is 0.707. The normalized spacial score (nSPS) is 16.0. The number of benzene rings is 1. The van der Waals surface area contributed by atoms with Gasteiger partial charge >= 0.3 is 0 Å². The van der Waals surface area contributed by atoms with E-state index in [0.29, 0.717) is 18.9 Å². The van der Waals surface area contributed by atoms with Crippen molar-refractivity contribution < 1.29 is 13.2 Å². The molecule has 0 amide bonds. The van der Waals surface area contributed by atoms with Crippen LogP contribution in [0.4, 0.5) is 0 Å². The van der Waals surface area contributed by atoms with Gasteiger partial charge in [-0.05, 0) is 56.6 Å². The first kappa shape index (κ1) is 17.2. The molecule has 0 radical (unpaired) electrons. The maximum atomic E-state index is 12.2. The summed E-state index contributed by atoms with van der Waals surface area (Å²) >= 11 is 0. The Kier molecular flexibility index (Phi) is 6.67. The molecule has 1 aliphatic heterocycles. The smallest absolute Gasteiger partial charge is 0.240 e. The molecule has 0 aliphatic carbocycles. The molecule has 0 saturated carbocycles. The van der Waals surface area contributed by atoms with Crippen molar-refractivity contribution in [1.82, 2.24) is 9.62 Å². The largest absolute Gasteiger partial charge is 0.494 e. The lowest BCUT2D eigenvalue weighted by Gasteiger charge is -2.15. The van der Waals surface area contributed by atoms with Crippen LogP contribution in [0.2, 0.25) is 0 Å². The van der Waals surface area contributed by atoms with Gasteiger partial charge in [0.15, 0.2) is 0 Å². The molecule has 2 rings (SSSR count). The number of ether oxygens (including phenoxy) is 1. The van der Waals surface area contributed by atoms with Crippen LogP contribution in [0.15, 0.2) is 29.2 Å². The summed E-state index contributed by atoms with van der Waals surface area (Å²) in [6, 6.07) is 6.62. The molecule has 0 spiro atoms. The third kappa shape index (κ3) is 5.26. The minimum Gasteiger partial charge on any atom is -0.494 e. The fraction of sp³-hybridized carbons (Fsp3) is 0.625. The van der Waals surface area contributed by atoms with Gasteiger partial charge in [0, 0.05) is 13.1 Å². The van der Waals surface area contributed by atoms with Crippen LogP contribution < -0.4 is 9.46 Å². The molecule has 1 N–H and O–H groups in total. The second-order valence-corrected chi connectivity index (χ2v) is 7.39. The minimum absolute atomic E-state index is 0.289. The van der Waals surface area contributed by atoms with Crippen molar-refractivity contribution in [2.45, 2.75) is 37.5 Å². The number of nitrogens with zero attached hydrogens (tertiary/aromatic N) is 1. The molecule has 0 aromatic heterocycles. The average Bonchev–Trinajstić information content (AvgIpc) is 3.01. The predicted octanol–water partition coefficient (Wildman–Crippen LogP) is 2.24. The number of sulfonamides is 1. The van der Waals surface area contributed by atoms with Gasteiger partial charge < -0.3 is 9.64 Å². The lowest BCUT2D eigenvalue weighted by molar-refractivity contribution is 0.309. The summed E-state index contributed by atoms with van der Waals surface area (Å²) in [5, 5.41) is 0. The van der Waals surface area contributed by atoms with Crippen LogP contribution in [0.5, 0.6) is 5.75 Å². The van der Waals surface area contributed by atoms with Crippen LogP contribution in [0.3, 0.4) is 0 Å². The second-order valence-electron chi connectivity index (χ2n) is 5.62. The number of hydrogen-bond donors (Lipinski definition) is 1. The van der Waals surface area contributed by atoms with Gasteiger partial charge in [0.2, 0.25) is 10.0 Å². The molecule has 5 nitrogen and oxygen atoms in total. The van der Waals surface area contributed by atoms with Crippen LogP contribution in [-0.4, -0.2) is 46.1 Å². The fourth-order valence-corrected chi connectivity index (χ4v) is 3.50. The van der Waals surface area contributed by atoms with E-state index in [9.17, 15) is 8.42 Å². The molecule has 1 heterocycles. The van der Waals surface area contributed by atoms with Crippen molar-refractivity contribution in [2.24, 2.45) is 0 Å². The van der Waals surface area contributed by atoms with Crippen molar-refractivity contribution >= 4 is 10.0 Å². The number of rotatable bonds is 9. The van der Waals surface area contributed by atoms with E-state index in [2.05, 4.69) is 16.5 Å². The molecule has 124 valence electrons. The molecule has 1 aromatic carbocycles. The van der Waals surface area contributed by atoms with Crippen LogP contribution in [0.1, 0.15) is 32.6 Å². The van der Waals surface area contributed by atoms with Crippen molar-refractivity contribution in [2.75, 3.05) is 32.8 Å². The summed E-state index contributed by atoms with van der Waals surface area (Å²) in [6.07, 6.45) is 4.50. The summed E-state index contributed by atoms with van der Waals surface area (Å²) in [6.45, 7) is 6.15. The van der Waals surface area contributed by atoms with Gasteiger partial charge in [-0.1, -0.05) is 13.3 Å². The highest BCUT2D eigenvalue weighted by molar-refractivity contribution is 7.89. The van der Waals surface area contributed by atoms with Gasteiger partial charge in [0.1, 0.15) is 5.75 Å². The van der Waals surface area contributed by atoms with Crippen LogP contribution >= 0.6 is 0 Å². The van der Waals surface area contributed by atoms with E-state index in [1.165, 1.54) is 12.8 Å². The van der Waals surface area contributed by atoms with E-state index in [4.69, 9.17) is 4.74 Å². The number of unbranched alkanes of at least 4 members (excludes halogenated alkanes) is 1. The molecule has 0 unspecified atom stereocenters. The van der Waals surface area contributed by atoms with Crippen molar-refractivity contribution in [3.63, 3.8) is 0 Å². The zero-order valence-corrected chi connectivity index (χ0v) is 14.1. The molecule has 1 aromatic rings. The van der Waals surface area contributed by atoms with Crippen molar-refractivity contribution in [3.8, 4) is 5.75 Å². The molecular weight excluding hydrogens is 300 g/mol. The van der Waals surface area contributed by atoms with Crippen LogP contribution in [0, 0.1) is 0 Å². The second kappa shape index (κ2) is 8.50. The third-order valence-corrected chi connectivity index (χ3v) is 5.30. The summed E-state index contributed by atoms with van der Waals surface area (Å²) in [5.41, 5.74) is 0. The first-order valence-electron chi connectivity index (χ1n) is 8.07. The monoisotopic (exact) mass is 326 g/mol. The lowest BCUT2D eigenvalue weighted by atomic mass is 10.3. The molecule has 22 heavy (non-hydrogen) atoms. The molecule has 0 atom stereocenters. The predicted molar refractivity (Wildman–Crippen MR) is 87.7 cm³/mol. The van der Waals surface area contributed by atoms with Gasteiger partial charge in [-0.15, -0.1) is 0 Å². The van der Waals surface area contributed by atoms with Gasteiger partial charge in [-0.3, -0.25) is 0 Å².